The van der Waals surface area contributed by atoms with E-state index in [1.54, 1.807) is 0 Å². The molecule has 0 aliphatic carbocycles. The van der Waals surface area contributed by atoms with E-state index in [9.17, 15) is 8.78 Å². The Morgan fingerprint density at radius 1 is 1.20 bits per heavy atom. The summed E-state index contributed by atoms with van der Waals surface area (Å²) < 4.78 is 24.8. The van der Waals surface area contributed by atoms with E-state index in [1.807, 2.05) is 37.3 Å². The molecule has 1 nitrogen and oxygen atoms in total. The Bertz CT molecular complexity index is 274. The molecule has 3 heteroatoms. The fourth-order valence-corrected chi connectivity index (χ4v) is 1.53. The van der Waals surface area contributed by atoms with Crippen molar-refractivity contribution in [3.8, 4) is 0 Å². The predicted octanol–water partition coefficient (Wildman–Crippen LogP) is 3.38. The summed E-state index contributed by atoms with van der Waals surface area (Å²) in [6.45, 7) is 3.50. The van der Waals surface area contributed by atoms with Crippen LogP contribution in [0.25, 0.3) is 0 Å². The molecule has 1 rings (SSSR count). The van der Waals surface area contributed by atoms with Crippen LogP contribution in [0.3, 0.4) is 0 Å². The molecule has 0 bridgehead atoms. The molecule has 0 heterocycles. The van der Waals surface area contributed by atoms with E-state index >= 15 is 0 Å². The van der Waals surface area contributed by atoms with Gasteiger partial charge in [-0.15, -0.1) is 0 Å². The summed E-state index contributed by atoms with van der Waals surface area (Å²) in [4.78, 5) is 0. The maximum Gasteiger partial charge on any atom is 0.253 e. The van der Waals surface area contributed by atoms with Crippen LogP contribution in [-0.4, -0.2) is 12.5 Å². The molecule has 0 aromatic heterocycles. The van der Waals surface area contributed by atoms with Crippen LogP contribution in [0.4, 0.5) is 8.78 Å². The Hall–Kier alpha value is -0.960. The average molecular weight is 213 g/mol. The van der Waals surface area contributed by atoms with Gasteiger partial charge in [0.2, 0.25) is 0 Å². The van der Waals surface area contributed by atoms with Gasteiger partial charge in [0.05, 0.1) is 6.04 Å². The predicted molar refractivity (Wildman–Crippen MR) is 58.1 cm³/mol. The van der Waals surface area contributed by atoms with Gasteiger partial charge in [-0.2, -0.15) is 0 Å². The largest absolute Gasteiger partial charge is 0.302 e. The van der Waals surface area contributed by atoms with Gasteiger partial charge in [-0.3, -0.25) is 0 Å². The molecule has 0 radical (unpaired) electrons. The lowest BCUT2D eigenvalue weighted by Gasteiger charge is -2.22. The van der Waals surface area contributed by atoms with Gasteiger partial charge in [-0.25, -0.2) is 8.78 Å². The van der Waals surface area contributed by atoms with Gasteiger partial charge in [-0.05, 0) is 18.9 Å². The van der Waals surface area contributed by atoms with Crippen molar-refractivity contribution >= 4 is 0 Å². The zero-order valence-corrected chi connectivity index (χ0v) is 9.08. The van der Waals surface area contributed by atoms with E-state index < -0.39 is 12.5 Å². The summed E-state index contributed by atoms with van der Waals surface area (Å²) in [5, 5.41) is 2.93. The summed E-state index contributed by atoms with van der Waals surface area (Å²) in [6.07, 6.45) is -1.51. The van der Waals surface area contributed by atoms with E-state index in [-0.39, 0.29) is 6.04 Å². The van der Waals surface area contributed by atoms with Gasteiger partial charge in [0, 0.05) is 6.04 Å². The Balaban J connectivity index is 2.65. The first-order valence-corrected chi connectivity index (χ1v) is 5.24. The standard InChI is InChI=1S/C12H17F2N/c1-3-11(15-9(2)12(13)14)10-7-5-4-6-8-10/h4-9,11-12,15H,3H2,1-2H3. The fourth-order valence-electron chi connectivity index (χ4n) is 1.53. The Morgan fingerprint density at radius 3 is 2.27 bits per heavy atom. The molecule has 0 saturated carbocycles. The van der Waals surface area contributed by atoms with E-state index in [2.05, 4.69) is 5.32 Å². The van der Waals surface area contributed by atoms with Crippen LogP contribution < -0.4 is 5.32 Å². The lowest BCUT2D eigenvalue weighted by atomic mass is 10.0. The maximum atomic E-state index is 12.4. The second kappa shape index (κ2) is 5.81. The summed E-state index contributed by atoms with van der Waals surface area (Å²) >= 11 is 0. The van der Waals surface area contributed by atoms with Crippen LogP contribution in [-0.2, 0) is 0 Å². The summed E-state index contributed by atoms with van der Waals surface area (Å²) in [5.41, 5.74) is 1.06. The quantitative estimate of drug-likeness (QED) is 0.790. The molecule has 2 unspecified atom stereocenters. The highest BCUT2D eigenvalue weighted by atomic mass is 19.3. The molecule has 0 aliphatic heterocycles. The third-order valence-electron chi connectivity index (χ3n) is 2.45. The van der Waals surface area contributed by atoms with Crippen LogP contribution in [0, 0.1) is 0 Å². The van der Waals surface area contributed by atoms with Crippen molar-refractivity contribution in [3.05, 3.63) is 35.9 Å². The van der Waals surface area contributed by atoms with Gasteiger partial charge < -0.3 is 5.32 Å². The maximum absolute atomic E-state index is 12.4. The fraction of sp³-hybridized carbons (Fsp3) is 0.500. The van der Waals surface area contributed by atoms with Crippen molar-refractivity contribution in [1.29, 1.82) is 0 Å². The number of hydrogen-bond acceptors (Lipinski definition) is 1. The number of halogens is 2. The SMILES string of the molecule is CCC(NC(C)C(F)F)c1ccccc1. The zero-order valence-electron chi connectivity index (χ0n) is 9.08. The van der Waals surface area contributed by atoms with Crippen LogP contribution >= 0.6 is 0 Å². The molecule has 2 atom stereocenters. The lowest BCUT2D eigenvalue weighted by molar-refractivity contribution is 0.0995. The van der Waals surface area contributed by atoms with E-state index in [1.165, 1.54) is 6.92 Å². The molecule has 0 saturated heterocycles. The molecule has 0 aliphatic rings. The highest BCUT2D eigenvalue weighted by Gasteiger charge is 2.18. The van der Waals surface area contributed by atoms with Gasteiger partial charge in [0.25, 0.3) is 6.43 Å². The molecule has 1 aromatic rings. The van der Waals surface area contributed by atoms with E-state index in [4.69, 9.17) is 0 Å². The number of hydrogen-bond donors (Lipinski definition) is 1. The van der Waals surface area contributed by atoms with Crippen molar-refractivity contribution in [2.24, 2.45) is 0 Å². The van der Waals surface area contributed by atoms with Crippen molar-refractivity contribution in [3.63, 3.8) is 0 Å². The molecule has 0 spiro atoms. The Kier molecular flexibility index (Phi) is 4.69. The summed E-state index contributed by atoms with van der Waals surface area (Å²) in [5.74, 6) is 0. The monoisotopic (exact) mass is 213 g/mol. The first-order chi connectivity index (χ1) is 7.15. The molecule has 1 N–H and O–H groups in total. The second-order valence-electron chi connectivity index (χ2n) is 3.66. The molecule has 84 valence electrons. The van der Waals surface area contributed by atoms with Crippen LogP contribution in [0.5, 0.6) is 0 Å². The van der Waals surface area contributed by atoms with Crippen molar-refractivity contribution in [2.45, 2.75) is 38.8 Å². The van der Waals surface area contributed by atoms with Gasteiger partial charge in [0.15, 0.2) is 0 Å². The molecule has 0 fully saturated rings. The minimum absolute atomic E-state index is 0.00944. The minimum atomic E-state index is -2.32. The number of rotatable bonds is 5. The topological polar surface area (TPSA) is 12.0 Å². The molecule has 1 aromatic carbocycles. The highest BCUT2D eigenvalue weighted by molar-refractivity contribution is 5.18. The summed E-state index contributed by atoms with van der Waals surface area (Å²) in [7, 11) is 0. The molecule has 15 heavy (non-hydrogen) atoms. The smallest absolute Gasteiger partial charge is 0.253 e. The molecular weight excluding hydrogens is 196 g/mol. The van der Waals surface area contributed by atoms with Crippen molar-refractivity contribution < 1.29 is 8.78 Å². The number of alkyl halides is 2. The van der Waals surface area contributed by atoms with Crippen LogP contribution in [0.15, 0.2) is 30.3 Å². The molecule has 0 amide bonds. The highest BCUT2D eigenvalue weighted by Crippen LogP contribution is 2.17. The van der Waals surface area contributed by atoms with E-state index in [0.717, 1.165) is 12.0 Å². The van der Waals surface area contributed by atoms with Crippen LogP contribution in [0.1, 0.15) is 31.9 Å². The minimum Gasteiger partial charge on any atom is -0.302 e. The third kappa shape index (κ3) is 3.59. The average Bonchev–Trinajstić information content (AvgIpc) is 2.26. The third-order valence-corrected chi connectivity index (χ3v) is 2.45. The summed E-state index contributed by atoms with van der Waals surface area (Å²) in [6, 6.07) is 8.93. The number of nitrogens with one attached hydrogen (secondary N) is 1. The second-order valence-corrected chi connectivity index (χ2v) is 3.66. The first-order valence-electron chi connectivity index (χ1n) is 5.24. The first kappa shape index (κ1) is 12.1. The normalized spacial score (nSPS) is 15.3. The number of benzene rings is 1. The van der Waals surface area contributed by atoms with Crippen molar-refractivity contribution in [1.82, 2.24) is 5.32 Å². The Morgan fingerprint density at radius 2 is 1.80 bits per heavy atom. The van der Waals surface area contributed by atoms with Crippen LogP contribution in [0.2, 0.25) is 0 Å². The Labute approximate surface area is 89.5 Å². The van der Waals surface area contributed by atoms with Gasteiger partial charge in [0.1, 0.15) is 0 Å². The zero-order chi connectivity index (χ0) is 11.3. The lowest BCUT2D eigenvalue weighted by Crippen LogP contribution is -2.35. The van der Waals surface area contributed by atoms with Gasteiger partial charge in [-0.1, -0.05) is 37.3 Å². The van der Waals surface area contributed by atoms with Crippen molar-refractivity contribution in [2.75, 3.05) is 0 Å². The van der Waals surface area contributed by atoms with E-state index in [0.29, 0.717) is 0 Å². The molecular formula is C12H17F2N. The van der Waals surface area contributed by atoms with Gasteiger partial charge >= 0.3 is 0 Å².